The highest BCUT2D eigenvalue weighted by molar-refractivity contribution is 6.61. The van der Waals surface area contributed by atoms with Gasteiger partial charge in [-0.2, -0.15) is 9.78 Å². The van der Waals surface area contributed by atoms with Crippen molar-refractivity contribution in [2.75, 3.05) is 14.2 Å². The third-order valence-electron chi connectivity index (χ3n) is 5.19. The molecule has 144 valence electrons. The van der Waals surface area contributed by atoms with Crippen LogP contribution in [0.15, 0.2) is 29.1 Å². The van der Waals surface area contributed by atoms with Crippen LogP contribution in [0.5, 0.6) is 11.5 Å². The first-order valence-electron chi connectivity index (χ1n) is 8.78. The molecule has 1 fully saturated rings. The van der Waals surface area contributed by atoms with E-state index in [0.717, 1.165) is 0 Å². The summed E-state index contributed by atoms with van der Waals surface area (Å²) < 4.78 is 24.1. The van der Waals surface area contributed by atoms with E-state index in [-0.39, 0.29) is 5.56 Å². The van der Waals surface area contributed by atoms with E-state index in [2.05, 4.69) is 5.10 Å². The molecular formula is C19H25BN2O5. The van der Waals surface area contributed by atoms with E-state index in [0.29, 0.717) is 28.3 Å². The molecule has 3 rings (SSSR count). The standard InChI is InChI=1S/C19H25BN2O5/c1-12-8-16(20-26-18(2,3)19(4,5)27-20)21-22(17(12)23)13-9-14(24-6)11-15(10-13)25-7/h8-11H,1-7H3. The number of aromatic nitrogens is 2. The summed E-state index contributed by atoms with van der Waals surface area (Å²) in [5.41, 5.74) is 0.396. The minimum absolute atomic E-state index is 0.231. The minimum Gasteiger partial charge on any atom is -0.497 e. The lowest BCUT2D eigenvalue weighted by atomic mass is 9.84. The summed E-state index contributed by atoms with van der Waals surface area (Å²) in [6.07, 6.45) is 0. The van der Waals surface area contributed by atoms with E-state index < -0.39 is 18.3 Å². The number of methoxy groups -OCH3 is 2. The van der Waals surface area contributed by atoms with Crippen LogP contribution in [0, 0.1) is 6.92 Å². The Morgan fingerprint density at radius 2 is 1.48 bits per heavy atom. The summed E-state index contributed by atoms with van der Waals surface area (Å²) in [6, 6.07) is 6.90. The number of benzene rings is 1. The van der Waals surface area contributed by atoms with Crippen molar-refractivity contribution < 1.29 is 18.8 Å². The molecule has 27 heavy (non-hydrogen) atoms. The summed E-state index contributed by atoms with van der Waals surface area (Å²) >= 11 is 0. The Balaban J connectivity index is 2.10. The van der Waals surface area contributed by atoms with E-state index in [4.69, 9.17) is 18.8 Å². The maximum Gasteiger partial charge on any atom is 0.516 e. The highest BCUT2D eigenvalue weighted by atomic mass is 16.7. The van der Waals surface area contributed by atoms with Gasteiger partial charge in [-0.1, -0.05) is 0 Å². The summed E-state index contributed by atoms with van der Waals surface area (Å²) in [7, 11) is 2.45. The Labute approximate surface area is 159 Å². The Bertz CT molecular complexity index is 885. The van der Waals surface area contributed by atoms with Crippen LogP contribution < -0.4 is 20.6 Å². The van der Waals surface area contributed by atoms with Crippen LogP contribution >= 0.6 is 0 Å². The van der Waals surface area contributed by atoms with Gasteiger partial charge >= 0.3 is 7.12 Å². The number of nitrogens with zero attached hydrogens (tertiary/aromatic N) is 2. The van der Waals surface area contributed by atoms with Crippen LogP contribution in [-0.2, 0) is 9.31 Å². The second-order valence-electron chi connectivity index (χ2n) is 7.63. The maximum atomic E-state index is 12.7. The number of rotatable bonds is 4. The van der Waals surface area contributed by atoms with E-state index in [1.165, 1.54) is 4.68 Å². The monoisotopic (exact) mass is 372 g/mol. The van der Waals surface area contributed by atoms with Gasteiger partial charge in [0.25, 0.3) is 5.56 Å². The Hall–Kier alpha value is -2.32. The fourth-order valence-corrected chi connectivity index (χ4v) is 2.81. The number of ether oxygens (including phenoxy) is 2. The van der Waals surface area contributed by atoms with Gasteiger partial charge in [0.05, 0.1) is 36.7 Å². The third-order valence-corrected chi connectivity index (χ3v) is 5.19. The molecule has 1 aliphatic heterocycles. The molecular weight excluding hydrogens is 347 g/mol. The second kappa shape index (κ2) is 6.69. The SMILES string of the molecule is COc1cc(OC)cc(-n2nc(B3OC(C)(C)C(C)(C)O3)cc(C)c2=O)c1. The zero-order valence-corrected chi connectivity index (χ0v) is 16.8. The number of hydrogen-bond acceptors (Lipinski definition) is 6. The van der Waals surface area contributed by atoms with Gasteiger partial charge in [-0.25, -0.2) is 0 Å². The van der Waals surface area contributed by atoms with Gasteiger partial charge in [-0.05, 0) is 40.7 Å². The quantitative estimate of drug-likeness (QED) is 0.763. The largest absolute Gasteiger partial charge is 0.516 e. The zero-order valence-electron chi connectivity index (χ0n) is 16.8. The van der Waals surface area contributed by atoms with E-state index >= 15 is 0 Å². The van der Waals surface area contributed by atoms with E-state index in [1.54, 1.807) is 45.4 Å². The van der Waals surface area contributed by atoms with Crippen molar-refractivity contribution in [1.82, 2.24) is 9.78 Å². The van der Waals surface area contributed by atoms with Gasteiger partial charge in [-0.15, -0.1) is 0 Å². The van der Waals surface area contributed by atoms with E-state index in [1.807, 2.05) is 27.7 Å². The Morgan fingerprint density at radius 1 is 0.963 bits per heavy atom. The second-order valence-corrected chi connectivity index (χ2v) is 7.63. The molecule has 0 bridgehead atoms. The maximum absolute atomic E-state index is 12.7. The van der Waals surface area contributed by atoms with E-state index in [9.17, 15) is 4.79 Å². The van der Waals surface area contributed by atoms with Crippen molar-refractivity contribution >= 4 is 12.7 Å². The third kappa shape index (κ3) is 3.47. The predicted octanol–water partition coefficient (Wildman–Crippen LogP) is 1.86. The molecule has 8 heteroatoms. The van der Waals surface area contributed by atoms with Crippen molar-refractivity contribution in [3.8, 4) is 17.2 Å². The first kappa shape index (κ1) is 19.4. The molecule has 0 amide bonds. The molecule has 0 aliphatic carbocycles. The van der Waals surface area contributed by atoms with Crippen molar-refractivity contribution in [3.63, 3.8) is 0 Å². The van der Waals surface area contributed by atoms with Gasteiger partial charge in [-0.3, -0.25) is 4.79 Å². The molecule has 0 atom stereocenters. The molecule has 0 radical (unpaired) electrons. The lowest BCUT2D eigenvalue weighted by Crippen LogP contribution is -2.41. The van der Waals surface area contributed by atoms with Crippen molar-refractivity contribution in [3.05, 3.63) is 40.2 Å². The molecule has 2 heterocycles. The van der Waals surface area contributed by atoms with Crippen LogP contribution in [0.3, 0.4) is 0 Å². The molecule has 7 nitrogen and oxygen atoms in total. The molecule has 1 aromatic carbocycles. The number of aryl methyl sites for hydroxylation is 1. The molecule has 0 N–H and O–H groups in total. The highest BCUT2D eigenvalue weighted by Gasteiger charge is 2.52. The summed E-state index contributed by atoms with van der Waals surface area (Å²) in [5, 5.41) is 4.51. The van der Waals surface area contributed by atoms with Gasteiger partial charge < -0.3 is 18.8 Å². The van der Waals surface area contributed by atoms with Crippen LogP contribution in [0.4, 0.5) is 0 Å². The summed E-state index contributed by atoms with van der Waals surface area (Å²) in [4.78, 5) is 12.7. The minimum atomic E-state index is -0.659. The molecule has 1 aliphatic rings. The molecule has 1 aromatic heterocycles. The lowest BCUT2D eigenvalue weighted by molar-refractivity contribution is 0.00578. The molecule has 0 spiro atoms. The zero-order chi connectivity index (χ0) is 20.0. The van der Waals surface area contributed by atoms with Gasteiger partial charge in [0, 0.05) is 23.8 Å². The van der Waals surface area contributed by atoms with Crippen LogP contribution in [0.1, 0.15) is 33.3 Å². The summed E-state index contributed by atoms with van der Waals surface area (Å²) in [5.74, 6) is 1.13. The number of hydrogen-bond donors (Lipinski definition) is 0. The first-order valence-corrected chi connectivity index (χ1v) is 8.78. The van der Waals surface area contributed by atoms with Crippen LogP contribution in [-0.4, -0.2) is 42.3 Å². The van der Waals surface area contributed by atoms with Gasteiger partial charge in [0.15, 0.2) is 0 Å². The molecule has 0 saturated carbocycles. The molecule has 0 unspecified atom stereocenters. The molecule has 1 saturated heterocycles. The van der Waals surface area contributed by atoms with Gasteiger partial charge in [0.1, 0.15) is 11.5 Å². The topological polar surface area (TPSA) is 71.8 Å². The summed E-state index contributed by atoms with van der Waals surface area (Å²) in [6.45, 7) is 9.64. The Kier molecular flexibility index (Phi) is 4.82. The normalized spacial score (nSPS) is 17.8. The Morgan fingerprint density at radius 3 is 1.96 bits per heavy atom. The predicted molar refractivity (Wildman–Crippen MR) is 103 cm³/mol. The molecule has 2 aromatic rings. The van der Waals surface area contributed by atoms with Crippen molar-refractivity contribution in [2.45, 2.75) is 45.8 Å². The fraction of sp³-hybridized carbons (Fsp3) is 0.474. The van der Waals surface area contributed by atoms with Crippen molar-refractivity contribution in [2.24, 2.45) is 0 Å². The van der Waals surface area contributed by atoms with Gasteiger partial charge in [0.2, 0.25) is 0 Å². The fourth-order valence-electron chi connectivity index (χ4n) is 2.81. The average Bonchev–Trinajstić information content (AvgIpc) is 2.84. The van der Waals surface area contributed by atoms with Crippen molar-refractivity contribution in [1.29, 1.82) is 0 Å². The van der Waals surface area contributed by atoms with Crippen LogP contribution in [0.2, 0.25) is 0 Å². The first-order chi connectivity index (χ1) is 12.6. The smallest absolute Gasteiger partial charge is 0.497 e. The highest BCUT2D eigenvalue weighted by Crippen LogP contribution is 2.36. The lowest BCUT2D eigenvalue weighted by Gasteiger charge is -2.32. The average molecular weight is 372 g/mol. The van der Waals surface area contributed by atoms with Crippen LogP contribution in [0.25, 0.3) is 5.69 Å².